The van der Waals surface area contributed by atoms with Crippen molar-refractivity contribution in [3.05, 3.63) is 0 Å². The number of thioether (sulfide) groups is 1. The molecule has 1 aliphatic heterocycles. The van der Waals surface area contributed by atoms with Gasteiger partial charge in [0.15, 0.2) is 5.37 Å². The highest BCUT2D eigenvalue weighted by Crippen LogP contribution is 2.18. The first-order chi connectivity index (χ1) is 4.74. The van der Waals surface area contributed by atoms with Crippen LogP contribution >= 0.6 is 11.8 Å². The van der Waals surface area contributed by atoms with Gasteiger partial charge < -0.3 is 4.74 Å². The zero-order valence-corrected chi connectivity index (χ0v) is 6.90. The van der Waals surface area contributed by atoms with Gasteiger partial charge in [-0.05, 0) is 6.92 Å². The van der Waals surface area contributed by atoms with Crippen LogP contribution in [0.5, 0.6) is 0 Å². The Kier molecular flexibility index (Phi) is 2.56. The summed E-state index contributed by atoms with van der Waals surface area (Å²) in [4.78, 5) is 10.9. The lowest BCUT2D eigenvalue weighted by Gasteiger charge is -2.06. The number of nitrogens with one attached hydrogen (secondary N) is 1. The highest BCUT2D eigenvalue weighted by atomic mass is 32.2. The first kappa shape index (κ1) is 7.88. The van der Waals surface area contributed by atoms with Crippen LogP contribution in [0.25, 0.3) is 0 Å². The molecule has 2 atom stereocenters. The van der Waals surface area contributed by atoms with Gasteiger partial charge in [0.05, 0.1) is 7.11 Å². The van der Waals surface area contributed by atoms with Crippen LogP contribution in [-0.4, -0.2) is 30.2 Å². The maximum Gasteiger partial charge on any atom is 0.333 e. The predicted octanol–water partition coefficient (Wildman–Crippen LogP) is 0.210. The van der Waals surface area contributed by atoms with Gasteiger partial charge in [0.25, 0.3) is 0 Å². The summed E-state index contributed by atoms with van der Waals surface area (Å²) < 4.78 is 4.56. The van der Waals surface area contributed by atoms with Crippen LogP contribution in [0.4, 0.5) is 0 Å². The maximum atomic E-state index is 10.9. The number of hydrogen-bond donors (Lipinski definition) is 1. The Labute approximate surface area is 64.5 Å². The molecule has 0 bridgehead atoms. The van der Waals surface area contributed by atoms with Crippen molar-refractivity contribution in [1.29, 1.82) is 0 Å². The summed E-state index contributed by atoms with van der Waals surface area (Å²) in [5.74, 6) is 0.814. The van der Waals surface area contributed by atoms with E-state index in [2.05, 4.69) is 17.0 Å². The topological polar surface area (TPSA) is 38.3 Å². The zero-order chi connectivity index (χ0) is 7.56. The minimum Gasteiger partial charge on any atom is -0.467 e. The molecule has 0 radical (unpaired) electrons. The fourth-order valence-corrected chi connectivity index (χ4v) is 1.98. The van der Waals surface area contributed by atoms with Crippen molar-refractivity contribution >= 4 is 17.7 Å². The third-order valence-corrected chi connectivity index (χ3v) is 2.72. The molecule has 1 fully saturated rings. The van der Waals surface area contributed by atoms with Crippen molar-refractivity contribution in [2.24, 2.45) is 0 Å². The van der Waals surface area contributed by atoms with Gasteiger partial charge >= 0.3 is 5.97 Å². The fourth-order valence-electron chi connectivity index (χ4n) is 0.838. The Morgan fingerprint density at radius 3 is 2.90 bits per heavy atom. The van der Waals surface area contributed by atoms with E-state index in [1.54, 1.807) is 11.8 Å². The smallest absolute Gasteiger partial charge is 0.333 e. The molecule has 0 aromatic heterocycles. The van der Waals surface area contributed by atoms with Crippen LogP contribution < -0.4 is 5.32 Å². The van der Waals surface area contributed by atoms with Crippen molar-refractivity contribution in [3.63, 3.8) is 0 Å². The molecule has 3 nitrogen and oxygen atoms in total. The van der Waals surface area contributed by atoms with E-state index in [0.29, 0.717) is 6.04 Å². The van der Waals surface area contributed by atoms with Gasteiger partial charge in [-0.3, -0.25) is 5.32 Å². The zero-order valence-electron chi connectivity index (χ0n) is 6.09. The fraction of sp³-hybridized carbons (Fsp3) is 0.833. The van der Waals surface area contributed by atoms with Gasteiger partial charge in [0.1, 0.15) is 0 Å². The highest BCUT2D eigenvalue weighted by molar-refractivity contribution is 8.00. The summed E-state index contributed by atoms with van der Waals surface area (Å²) in [5.41, 5.74) is 0. The monoisotopic (exact) mass is 161 g/mol. The molecular formula is C6H11NO2S. The second-order valence-corrected chi connectivity index (χ2v) is 3.44. The van der Waals surface area contributed by atoms with Crippen LogP contribution in [0.2, 0.25) is 0 Å². The lowest BCUT2D eigenvalue weighted by atomic mass is 10.4. The van der Waals surface area contributed by atoms with Gasteiger partial charge in [-0.1, -0.05) is 0 Å². The molecule has 1 heterocycles. The minimum atomic E-state index is -0.172. The van der Waals surface area contributed by atoms with Crippen LogP contribution in [0.15, 0.2) is 0 Å². The molecule has 0 amide bonds. The summed E-state index contributed by atoms with van der Waals surface area (Å²) >= 11 is 1.60. The molecule has 0 aromatic rings. The van der Waals surface area contributed by atoms with Crippen molar-refractivity contribution in [2.45, 2.75) is 18.3 Å². The molecule has 10 heavy (non-hydrogen) atoms. The largest absolute Gasteiger partial charge is 0.467 e. The SMILES string of the molecule is COC(=O)C1NC(C)CS1. The van der Waals surface area contributed by atoms with Crippen molar-refractivity contribution < 1.29 is 9.53 Å². The summed E-state index contributed by atoms with van der Waals surface area (Å²) in [6.07, 6.45) is 0. The van der Waals surface area contributed by atoms with Crippen molar-refractivity contribution in [3.8, 4) is 0 Å². The Morgan fingerprint density at radius 1 is 1.80 bits per heavy atom. The second-order valence-electron chi connectivity index (χ2n) is 2.30. The van der Waals surface area contributed by atoms with E-state index < -0.39 is 0 Å². The summed E-state index contributed by atoms with van der Waals surface area (Å²) in [6.45, 7) is 2.05. The molecule has 1 rings (SSSR count). The molecule has 0 aliphatic carbocycles. The van der Waals surface area contributed by atoms with Crippen LogP contribution in [-0.2, 0) is 9.53 Å². The van der Waals surface area contributed by atoms with Crippen LogP contribution in [0.3, 0.4) is 0 Å². The van der Waals surface area contributed by atoms with Gasteiger partial charge in [0, 0.05) is 11.8 Å². The van der Waals surface area contributed by atoms with E-state index in [1.165, 1.54) is 7.11 Å². The molecule has 58 valence electrons. The third kappa shape index (κ3) is 1.64. The highest BCUT2D eigenvalue weighted by Gasteiger charge is 2.27. The van der Waals surface area contributed by atoms with E-state index in [9.17, 15) is 4.79 Å². The number of hydrogen-bond acceptors (Lipinski definition) is 4. The standard InChI is InChI=1S/C6H11NO2S/c1-4-3-10-5(7-4)6(8)9-2/h4-5,7H,3H2,1-2H3. The van der Waals surface area contributed by atoms with Crippen LogP contribution in [0, 0.1) is 0 Å². The molecule has 0 saturated carbocycles. The maximum absolute atomic E-state index is 10.9. The Bertz CT molecular complexity index is 140. The van der Waals surface area contributed by atoms with E-state index in [1.807, 2.05) is 0 Å². The quantitative estimate of drug-likeness (QED) is 0.558. The molecule has 0 aromatic carbocycles. The number of ether oxygens (including phenoxy) is 1. The molecular weight excluding hydrogens is 150 g/mol. The average molecular weight is 161 g/mol. The number of carbonyl (C=O) groups is 1. The Balaban J connectivity index is 2.37. The molecule has 1 aliphatic rings. The molecule has 1 saturated heterocycles. The lowest BCUT2D eigenvalue weighted by Crippen LogP contribution is -2.33. The summed E-state index contributed by atoms with van der Waals surface area (Å²) in [5, 5.41) is 2.95. The number of methoxy groups -OCH3 is 1. The normalized spacial score (nSPS) is 32.2. The van der Waals surface area contributed by atoms with Gasteiger partial charge in [-0.15, -0.1) is 11.8 Å². The van der Waals surface area contributed by atoms with Crippen LogP contribution in [0.1, 0.15) is 6.92 Å². The minimum absolute atomic E-state index is 0.139. The molecule has 4 heteroatoms. The Hall–Kier alpha value is -0.220. The summed E-state index contributed by atoms with van der Waals surface area (Å²) in [6, 6.07) is 0.425. The first-order valence-electron chi connectivity index (χ1n) is 3.19. The second kappa shape index (κ2) is 3.25. The molecule has 2 unspecified atom stereocenters. The van der Waals surface area contributed by atoms with Gasteiger partial charge in [0.2, 0.25) is 0 Å². The average Bonchev–Trinajstić information content (AvgIpc) is 2.34. The number of carbonyl (C=O) groups excluding carboxylic acids is 1. The number of rotatable bonds is 1. The first-order valence-corrected chi connectivity index (χ1v) is 4.24. The molecule has 1 N–H and O–H groups in total. The number of esters is 1. The Morgan fingerprint density at radius 2 is 2.50 bits per heavy atom. The lowest BCUT2D eigenvalue weighted by molar-refractivity contribution is -0.140. The van der Waals surface area contributed by atoms with Crippen molar-refractivity contribution in [1.82, 2.24) is 5.32 Å². The third-order valence-electron chi connectivity index (χ3n) is 1.36. The van der Waals surface area contributed by atoms with Crippen molar-refractivity contribution in [2.75, 3.05) is 12.9 Å². The van der Waals surface area contributed by atoms with E-state index in [4.69, 9.17) is 0 Å². The van der Waals surface area contributed by atoms with E-state index >= 15 is 0 Å². The summed E-state index contributed by atoms with van der Waals surface area (Å²) in [7, 11) is 1.41. The van der Waals surface area contributed by atoms with Gasteiger partial charge in [-0.2, -0.15) is 0 Å². The predicted molar refractivity (Wildman–Crippen MR) is 40.9 cm³/mol. The molecule has 0 spiro atoms. The van der Waals surface area contributed by atoms with Gasteiger partial charge in [-0.25, -0.2) is 4.79 Å². The van der Waals surface area contributed by atoms with E-state index in [0.717, 1.165) is 5.75 Å². The van der Waals surface area contributed by atoms with E-state index in [-0.39, 0.29) is 11.3 Å².